The first-order valence-corrected chi connectivity index (χ1v) is 4.69. The number of hydrogen-bond acceptors (Lipinski definition) is 3. The molecule has 3 N–H and O–H groups in total. The van der Waals surface area contributed by atoms with Crippen LogP contribution in [-0.4, -0.2) is 28.8 Å². The van der Waals surface area contributed by atoms with E-state index in [1.54, 1.807) is 6.20 Å². The lowest BCUT2D eigenvalue weighted by atomic mass is 10.4. The topological polar surface area (TPSA) is 72.9 Å². The number of carbonyl (C=O) groups is 1. The van der Waals surface area contributed by atoms with E-state index in [2.05, 4.69) is 10.4 Å². The third-order valence-corrected chi connectivity index (χ3v) is 1.95. The maximum atomic E-state index is 11.2. The third-order valence-electron chi connectivity index (χ3n) is 1.95. The molecule has 0 aromatic carbocycles. The molecule has 1 heterocycles. The van der Waals surface area contributed by atoms with Crippen LogP contribution in [0.3, 0.4) is 0 Å². The summed E-state index contributed by atoms with van der Waals surface area (Å²) in [6, 6.07) is 1.91. The zero-order valence-corrected chi connectivity index (χ0v) is 8.36. The van der Waals surface area contributed by atoms with E-state index in [-0.39, 0.29) is 5.91 Å². The molecule has 0 aliphatic carbocycles. The molecule has 0 spiro atoms. The van der Waals surface area contributed by atoms with E-state index >= 15 is 0 Å². The number of hydrogen-bond donors (Lipinski definition) is 2. The fraction of sp³-hybridized carbons (Fsp3) is 0.556. The van der Waals surface area contributed by atoms with Crippen molar-refractivity contribution in [2.24, 2.45) is 5.73 Å². The van der Waals surface area contributed by atoms with Gasteiger partial charge in [0.05, 0.1) is 0 Å². The first-order valence-electron chi connectivity index (χ1n) is 4.69. The van der Waals surface area contributed by atoms with Crippen molar-refractivity contribution in [3.63, 3.8) is 0 Å². The average Bonchev–Trinajstić information content (AvgIpc) is 2.58. The van der Waals surface area contributed by atoms with Crippen molar-refractivity contribution in [3.05, 3.63) is 18.0 Å². The number of nitrogens with zero attached hydrogens (tertiary/aromatic N) is 2. The highest BCUT2D eigenvalue weighted by atomic mass is 16.1. The molecular weight excluding hydrogens is 180 g/mol. The van der Waals surface area contributed by atoms with Gasteiger partial charge in [-0.2, -0.15) is 5.10 Å². The fourth-order valence-electron chi connectivity index (χ4n) is 1.14. The predicted molar refractivity (Wildman–Crippen MR) is 53.6 cm³/mol. The summed E-state index contributed by atoms with van der Waals surface area (Å²) in [7, 11) is 0. The van der Waals surface area contributed by atoms with Gasteiger partial charge in [-0.15, -0.1) is 0 Å². The number of aryl methyl sites for hydroxylation is 2. The van der Waals surface area contributed by atoms with Crippen molar-refractivity contribution in [3.8, 4) is 0 Å². The smallest absolute Gasteiger partial charge is 0.221 e. The molecule has 0 saturated heterocycles. The van der Waals surface area contributed by atoms with E-state index in [0.29, 0.717) is 26.1 Å². The molecule has 0 aliphatic rings. The molecule has 0 saturated carbocycles. The van der Waals surface area contributed by atoms with Gasteiger partial charge < -0.3 is 11.1 Å². The van der Waals surface area contributed by atoms with Crippen molar-refractivity contribution in [2.75, 3.05) is 13.1 Å². The van der Waals surface area contributed by atoms with Gasteiger partial charge in [0.15, 0.2) is 0 Å². The summed E-state index contributed by atoms with van der Waals surface area (Å²) in [4.78, 5) is 11.2. The van der Waals surface area contributed by atoms with E-state index in [1.165, 1.54) is 0 Å². The molecule has 0 radical (unpaired) electrons. The Kier molecular flexibility index (Phi) is 4.12. The molecule has 1 amide bonds. The summed E-state index contributed by atoms with van der Waals surface area (Å²) in [5, 5.41) is 6.79. The Morgan fingerprint density at radius 2 is 2.50 bits per heavy atom. The highest BCUT2D eigenvalue weighted by molar-refractivity contribution is 5.75. The number of aromatic nitrogens is 2. The van der Waals surface area contributed by atoms with Gasteiger partial charge in [0.2, 0.25) is 5.91 Å². The van der Waals surface area contributed by atoms with Gasteiger partial charge in [0.25, 0.3) is 0 Å². The molecule has 0 atom stereocenters. The van der Waals surface area contributed by atoms with Crippen molar-refractivity contribution in [1.82, 2.24) is 15.1 Å². The van der Waals surface area contributed by atoms with Crippen LogP contribution in [0.4, 0.5) is 0 Å². The van der Waals surface area contributed by atoms with Gasteiger partial charge in [-0.05, 0) is 13.0 Å². The van der Waals surface area contributed by atoms with E-state index in [1.807, 2.05) is 17.7 Å². The molecule has 0 bridgehead atoms. The quantitative estimate of drug-likeness (QED) is 0.676. The normalized spacial score (nSPS) is 10.1. The van der Waals surface area contributed by atoms with Crippen molar-refractivity contribution >= 4 is 5.91 Å². The van der Waals surface area contributed by atoms with Crippen LogP contribution in [-0.2, 0) is 11.3 Å². The zero-order chi connectivity index (χ0) is 10.4. The van der Waals surface area contributed by atoms with Crippen LogP contribution in [0.25, 0.3) is 0 Å². The summed E-state index contributed by atoms with van der Waals surface area (Å²) in [5.74, 6) is 0.0188. The second-order valence-electron chi connectivity index (χ2n) is 3.08. The summed E-state index contributed by atoms with van der Waals surface area (Å²) in [5.41, 5.74) is 6.33. The largest absolute Gasteiger partial charge is 0.355 e. The van der Waals surface area contributed by atoms with Gasteiger partial charge in [-0.25, -0.2) is 0 Å². The van der Waals surface area contributed by atoms with Crippen molar-refractivity contribution in [2.45, 2.75) is 19.9 Å². The number of carbonyl (C=O) groups excluding carboxylic acids is 1. The standard InChI is InChI=1S/C9H16N4O/c1-8-2-5-12-13(8)7-3-9(14)11-6-4-10/h2,5H,3-4,6-7,10H2,1H3,(H,11,14). The van der Waals surface area contributed by atoms with E-state index < -0.39 is 0 Å². The molecular formula is C9H16N4O. The van der Waals surface area contributed by atoms with Crippen molar-refractivity contribution in [1.29, 1.82) is 0 Å². The van der Waals surface area contributed by atoms with E-state index in [9.17, 15) is 4.79 Å². The fourth-order valence-corrected chi connectivity index (χ4v) is 1.14. The Balaban J connectivity index is 2.27. The zero-order valence-electron chi connectivity index (χ0n) is 8.36. The maximum Gasteiger partial charge on any atom is 0.221 e. The van der Waals surface area contributed by atoms with Crippen LogP contribution in [0.15, 0.2) is 12.3 Å². The van der Waals surface area contributed by atoms with Crippen LogP contribution in [0.1, 0.15) is 12.1 Å². The van der Waals surface area contributed by atoms with Crippen molar-refractivity contribution < 1.29 is 4.79 Å². The van der Waals surface area contributed by atoms with E-state index in [4.69, 9.17) is 5.73 Å². The Morgan fingerprint density at radius 1 is 1.71 bits per heavy atom. The first-order chi connectivity index (χ1) is 6.74. The summed E-state index contributed by atoms with van der Waals surface area (Å²) < 4.78 is 1.81. The molecule has 5 heteroatoms. The number of nitrogens with one attached hydrogen (secondary N) is 1. The highest BCUT2D eigenvalue weighted by Crippen LogP contribution is 1.97. The number of rotatable bonds is 5. The Morgan fingerprint density at radius 3 is 3.07 bits per heavy atom. The Labute approximate surface area is 83.3 Å². The first kappa shape index (κ1) is 10.7. The van der Waals surface area contributed by atoms with Gasteiger partial charge >= 0.3 is 0 Å². The lowest BCUT2D eigenvalue weighted by Crippen LogP contribution is -2.29. The monoisotopic (exact) mass is 196 g/mol. The second kappa shape index (κ2) is 5.39. The SMILES string of the molecule is Cc1ccnn1CCC(=O)NCCN. The molecule has 5 nitrogen and oxygen atoms in total. The second-order valence-corrected chi connectivity index (χ2v) is 3.08. The molecule has 78 valence electrons. The van der Waals surface area contributed by atoms with E-state index in [0.717, 1.165) is 5.69 Å². The van der Waals surface area contributed by atoms with Gasteiger partial charge in [0.1, 0.15) is 0 Å². The molecule has 14 heavy (non-hydrogen) atoms. The molecule has 0 aliphatic heterocycles. The van der Waals surface area contributed by atoms with Crippen LogP contribution >= 0.6 is 0 Å². The number of amides is 1. The summed E-state index contributed by atoms with van der Waals surface area (Å²) in [6.45, 7) is 3.60. The van der Waals surface area contributed by atoms with Crippen LogP contribution in [0, 0.1) is 6.92 Å². The number of nitrogens with two attached hydrogens (primary N) is 1. The molecule has 0 fully saturated rings. The third kappa shape index (κ3) is 3.18. The molecule has 1 aromatic rings. The lowest BCUT2D eigenvalue weighted by Gasteiger charge is -2.05. The molecule has 1 rings (SSSR count). The lowest BCUT2D eigenvalue weighted by molar-refractivity contribution is -0.121. The van der Waals surface area contributed by atoms with Gasteiger partial charge in [0, 0.05) is 37.9 Å². The minimum atomic E-state index is 0.0188. The van der Waals surface area contributed by atoms with Crippen LogP contribution in [0.2, 0.25) is 0 Å². The predicted octanol–water partition coefficient (Wildman–Crippen LogP) is -0.343. The minimum Gasteiger partial charge on any atom is -0.355 e. The van der Waals surface area contributed by atoms with Crippen LogP contribution < -0.4 is 11.1 Å². The summed E-state index contributed by atoms with van der Waals surface area (Å²) >= 11 is 0. The van der Waals surface area contributed by atoms with Crippen LogP contribution in [0.5, 0.6) is 0 Å². The maximum absolute atomic E-state index is 11.2. The Bertz CT molecular complexity index is 295. The summed E-state index contributed by atoms with van der Waals surface area (Å²) in [6.07, 6.45) is 2.18. The Hall–Kier alpha value is -1.36. The molecule has 0 unspecified atom stereocenters. The average molecular weight is 196 g/mol. The highest BCUT2D eigenvalue weighted by Gasteiger charge is 2.02. The van der Waals surface area contributed by atoms with Gasteiger partial charge in [-0.3, -0.25) is 9.48 Å². The minimum absolute atomic E-state index is 0.0188. The molecule has 1 aromatic heterocycles. The van der Waals surface area contributed by atoms with Gasteiger partial charge in [-0.1, -0.05) is 0 Å².